The fourth-order valence-electron chi connectivity index (χ4n) is 4.62. The third-order valence-electron chi connectivity index (χ3n) is 6.16. The summed E-state index contributed by atoms with van der Waals surface area (Å²) >= 11 is 0. The van der Waals surface area contributed by atoms with Crippen LogP contribution < -0.4 is 5.69 Å². The number of imidazole rings is 1. The van der Waals surface area contributed by atoms with Gasteiger partial charge in [-0.25, -0.2) is 14.0 Å². The van der Waals surface area contributed by atoms with Gasteiger partial charge in [0.2, 0.25) is 0 Å². The molecule has 1 N–H and O–H groups in total. The third kappa shape index (κ3) is 3.12. The molecule has 2 aromatic rings. The van der Waals surface area contributed by atoms with E-state index in [1.54, 1.807) is 15.5 Å². The Balaban J connectivity index is 1.48. The van der Waals surface area contributed by atoms with Crippen LogP contribution in [0.3, 0.4) is 0 Å². The molecule has 1 unspecified atom stereocenters. The number of carbonyl (C=O) groups is 1. The van der Waals surface area contributed by atoms with E-state index in [-0.39, 0.29) is 29.2 Å². The van der Waals surface area contributed by atoms with Crippen LogP contribution in [0, 0.1) is 5.82 Å². The number of methoxy groups -OCH3 is 1. The normalized spacial score (nSPS) is 24.6. The molecule has 2 aliphatic rings. The number of rotatable bonds is 2. The number of fused-ring (bicyclic) bond motifs is 1. The smallest absolute Gasteiger partial charge is 0.409 e. The van der Waals surface area contributed by atoms with Gasteiger partial charge in [0.1, 0.15) is 5.82 Å². The molecule has 0 spiro atoms. The number of benzene rings is 1. The van der Waals surface area contributed by atoms with Crippen molar-refractivity contribution in [1.82, 2.24) is 19.4 Å². The lowest BCUT2D eigenvalue weighted by Crippen LogP contribution is -2.52. The minimum absolute atomic E-state index is 0.0620. The maximum Gasteiger partial charge on any atom is 0.409 e. The molecule has 1 amide bonds. The van der Waals surface area contributed by atoms with Crippen molar-refractivity contribution in [1.29, 1.82) is 0 Å². The number of amides is 1. The Labute approximate surface area is 156 Å². The molecular formula is C19H25FN4O3. The van der Waals surface area contributed by atoms with Gasteiger partial charge in [0, 0.05) is 37.8 Å². The maximum atomic E-state index is 13.4. The summed E-state index contributed by atoms with van der Waals surface area (Å²) in [5, 5.41) is 0. The molecular weight excluding hydrogens is 351 g/mol. The zero-order valence-corrected chi connectivity index (χ0v) is 15.7. The molecule has 3 heterocycles. The summed E-state index contributed by atoms with van der Waals surface area (Å²) in [5.74, 6) is -0.352. The van der Waals surface area contributed by atoms with Crippen LogP contribution in [0.15, 0.2) is 23.0 Å². The number of aromatic amines is 1. The first kappa shape index (κ1) is 18.0. The van der Waals surface area contributed by atoms with Crippen LogP contribution in [0.4, 0.5) is 9.18 Å². The fraction of sp³-hybridized carbons (Fsp3) is 0.579. The number of piperidine rings is 1. The molecule has 2 fully saturated rings. The van der Waals surface area contributed by atoms with Crippen molar-refractivity contribution in [3.63, 3.8) is 0 Å². The standard InChI is InChI=1S/C19H25FN4O3/c1-19(7-10-22(12-19)18(26)27-2)23-8-5-14(6-9-23)24-16-4-3-13(20)11-15(16)21-17(24)25/h3-4,11,14H,5-10,12H2,1-2H3,(H,21,25). The van der Waals surface area contributed by atoms with E-state index >= 15 is 0 Å². The number of hydrogen-bond donors (Lipinski definition) is 1. The van der Waals surface area contributed by atoms with Gasteiger partial charge in [-0.05, 0) is 44.4 Å². The quantitative estimate of drug-likeness (QED) is 0.873. The van der Waals surface area contributed by atoms with Crippen molar-refractivity contribution in [3.8, 4) is 0 Å². The van der Waals surface area contributed by atoms with Crippen LogP contribution in [-0.4, -0.2) is 64.3 Å². The summed E-state index contributed by atoms with van der Waals surface area (Å²) in [6.45, 7) is 5.27. The average Bonchev–Trinajstić information content (AvgIpc) is 3.21. The summed E-state index contributed by atoms with van der Waals surface area (Å²) in [6.07, 6.45) is 2.33. The largest absolute Gasteiger partial charge is 0.453 e. The number of carbonyl (C=O) groups excluding carboxylic acids is 1. The van der Waals surface area contributed by atoms with Crippen molar-refractivity contribution in [2.45, 2.75) is 37.8 Å². The van der Waals surface area contributed by atoms with Gasteiger partial charge in [0.05, 0.1) is 18.1 Å². The lowest BCUT2D eigenvalue weighted by molar-refractivity contribution is 0.0662. The van der Waals surface area contributed by atoms with Crippen molar-refractivity contribution in [2.75, 3.05) is 33.3 Å². The first-order valence-electron chi connectivity index (χ1n) is 9.39. The van der Waals surface area contributed by atoms with Gasteiger partial charge in [-0.15, -0.1) is 0 Å². The van der Waals surface area contributed by atoms with Gasteiger partial charge in [0.25, 0.3) is 0 Å². The molecule has 146 valence electrons. The van der Waals surface area contributed by atoms with E-state index < -0.39 is 0 Å². The zero-order chi connectivity index (χ0) is 19.2. The molecule has 2 saturated heterocycles. The topological polar surface area (TPSA) is 70.6 Å². The highest BCUT2D eigenvalue weighted by atomic mass is 19.1. The minimum Gasteiger partial charge on any atom is -0.453 e. The monoisotopic (exact) mass is 376 g/mol. The number of likely N-dealkylation sites (tertiary alicyclic amines) is 2. The minimum atomic E-state index is -0.352. The van der Waals surface area contributed by atoms with E-state index in [0.717, 1.165) is 37.9 Å². The van der Waals surface area contributed by atoms with Crippen molar-refractivity contribution in [3.05, 3.63) is 34.5 Å². The van der Waals surface area contributed by atoms with E-state index in [0.29, 0.717) is 18.6 Å². The SMILES string of the molecule is COC(=O)N1CCC(C)(N2CCC(n3c(=O)[nH]c4cc(F)ccc43)CC2)C1. The second kappa shape index (κ2) is 6.67. The zero-order valence-electron chi connectivity index (χ0n) is 15.7. The van der Waals surface area contributed by atoms with E-state index in [2.05, 4.69) is 16.8 Å². The highest BCUT2D eigenvalue weighted by Gasteiger charge is 2.42. The van der Waals surface area contributed by atoms with Crippen LogP contribution in [-0.2, 0) is 4.74 Å². The van der Waals surface area contributed by atoms with Gasteiger partial charge in [-0.3, -0.25) is 9.47 Å². The van der Waals surface area contributed by atoms with Gasteiger partial charge in [0.15, 0.2) is 0 Å². The molecule has 27 heavy (non-hydrogen) atoms. The Morgan fingerprint density at radius 2 is 2.04 bits per heavy atom. The van der Waals surface area contributed by atoms with Gasteiger partial charge in [-0.2, -0.15) is 0 Å². The second-order valence-corrected chi connectivity index (χ2v) is 7.82. The summed E-state index contributed by atoms with van der Waals surface area (Å²) in [7, 11) is 1.41. The van der Waals surface area contributed by atoms with E-state index in [9.17, 15) is 14.0 Å². The first-order valence-corrected chi connectivity index (χ1v) is 9.39. The summed E-state index contributed by atoms with van der Waals surface area (Å²) in [6, 6.07) is 4.52. The predicted molar refractivity (Wildman–Crippen MR) is 99.4 cm³/mol. The number of aromatic nitrogens is 2. The Kier molecular flexibility index (Phi) is 4.46. The summed E-state index contributed by atoms with van der Waals surface area (Å²) in [5.41, 5.74) is 1.05. The lowest BCUT2D eigenvalue weighted by Gasteiger charge is -2.43. The third-order valence-corrected chi connectivity index (χ3v) is 6.16. The number of nitrogens with zero attached hydrogens (tertiary/aromatic N) is 3. The Morgan fingerprint density at radius 1 is 1.30 bits per heavy atom. The molecule has 1 atom stereocenters. The highest BCUT2D eigenvalue weighted by molar-refractivity contribution is 5.75. The number of ether oxygens (including phenoxy) is 1. The molecule has 2 aliphatic heterocycles. The van der Waals surface area contributed by atoms with Crippen molar-refractivity contribution < 1.29 is 13.9 Å². The summed E-state index contributed by atoms with van der Waals surface area (Å²) in [4.78, 5) is 31.1. The molecule has 0 bridgehead atoms. The summed E-state index contributed by atoms with van der Waals surface area (Å²) < 4.78 is 20.0. The van der Waals surface area contributed by atoms with E-state index in [4.69, 9.17) is 4.74 Å². The number of H-pyrrole nitrogens is 1. The van der Waals surface area contributed by atoms with Gasteiger partial charge in [-0.1, -0.05) is 0 Å². The van der Waals surface area contributed by atoms with Crippen LogP contribution >= 0.6 is 0 Å². The molecule has 1 aromatic heterocycles. The van der Waals surface area contributed by atoms with E-state index in [1.165, 1.54) is 19.2 Å². The number of nitrogens with one attached hydrogen (secondary N) is 1. The van der Waals surface area contributed by atoms with Crippen molar-refractivity contribution >= 4 is 17.1 Å². The highest BCUT2D eigenvalue weighted by Crippen LogP contribution is 2.33. The number of halogens is 1. The molecule has 0 saturated carbocycles. The molecule has 0 aliphatic carbocycles. The Hall–Kier alpha value is -2.35. The maximum absolute atomic E-state index is 13.4. The molecule has 4 rings (SSSR count). The molecule has 8 heteroatoms. The van der Waals surface area contributed by atoms with Crippen LogP contribution in [0.5, 0.6) is 0 Å². The van der Waals surface area contributed by atoms with Crippen LogP contribution in [0.1, 0.15) is 32.2 Å². The van der Waals surface area contributed by atoms with Gasteiger partial charge < -0.3 is 14.6 Å². The lowest BCUT2D eigenvalue weighted by atomic mass is 9.94. The molecule has 0 radical (unpaired) electrons. The predicted octanol–water partition coefficient (Wildman–Crippen LogP) is 2.34. The Bertz CT molecular complexity index is 915. The van der Waals surface area contributed by atoms with Crippen molar-refractivity contribution in [2.24, 2.45) is 0 Å². The van der Waals surface area contributed by atoms with Gasteiger partial charge >= 0.3 is 11.8 Å². The van der Waals surface area contributed by atoms with Crippen LogP contribution in [0.2, 0.25) is 0 Å². The Morgan fingerprint density at radius 3 is 2.74 bits per heavy atom. The molecule has 7 nitrogen and oxygen atoms in total. The average molecular weight is 376 g/mol. The molecule has 1 aromatic carbocycles. The first-order chi connectivity index (χ1) is 12.9. The van der Waals surface area contributed by atoms with E-state index in [1.807, 2.05) is 0 Å². The second-order valence-electron chi connectivity index (χ2n) is 7.82. The number of hydrogen-bond acceptors (Lipinski definition) is 4. The van der Waals surface area contributed by atoms with Crippen LogP contribution in [0.25, 0.3) is 11.0 Å². The fourth-order valence-corrected chi connectivity index (χ4v) is 4.62.